The highest BCUT2D eigenvalue weighted by Crippen LogP contribution is 2.17. The van der Waals surface area contributed by atoms with Crippen LogP contribution in [0, 0.1) is 0 Å². The maximum absolute atomic E-state index is 12.3. The van der Waals surface area contributed by atoms with Crippen molar-refractivity contribution in [2.75, 3.05) is 31.7 Å². The Labute approximate surface area is 137 Å². The summed E-state index contributed by atoms with van der Waals surface area (Å²) in [5.41, 5.74) is 1.08. The molecule has 0 saturated carbocycles. The van der Waals surface area contributed by atoms with Crippen LogP contribution in [0.15, 0.2) is 24.3 Å². The van der Waals surface area contributed by atoms with E-state index in [-0.39, 0.29) is 23.6 Å². The van der Waals surface area contributed by atoms with E-state index in [1.807, 2.05) is 31.2 Å². The Kier molecular flexibility index (Phi) is 5.87. The van der Waals surface area contributed by atoms with Crippen molar-refractivity contribution in [3.8, 4) is 5.75 Å². The monoisotopic (exact) mass is 340 g/mol. The molecule has 0 aliphatic carbocycles. The van der Waals surface area contributed by atoms with Gasteiger partial charge in [0, 0.05) is 19.1 Å². The van der Waals surface area contributed by atoms with Crippen LogP contribution < -0.4 is 10.1 Å². The highest BCUT2D eigenvalue weighted by Gasteiger charge is 2.33. The molecule has 1 fully saturated rings. The third-order valence-electron chi connectivity index (χ3n) is 4.07. The first-order chi connectivity index (χ1) is 10.9. The fourth-order valence-electron chi connectivity index (χ4n) is 2.83. The lowest BCUT2D eigenvalue weighted by atomic mass is 10.1. The first-order valence-electron chi connectivity index (χ1n) is 7.83. The van der Waals surface area contributed by atoms with Crippen LogP contribution in [0.25, 0.3) is 0 Å². The summed E-state index contributed by atoms with van der Waals surface area (Å²) in [6.07, 6.45) is 1.23. The van der Waals surface area contributed by atoms with E-state index in [0.29, 0.717) is 25.9 Å². The average Bonchev–Trinajstić information content (AvgIpc) is 2.88. The number of benzene rings is 1. The minimum absolute atomic E-state index is 0.0736. The van der Waals surface area contributed by atoms with Gasteiger partial charge >= 0.3 is 6.03 Å². The van der Waals surface area contributed by atoms with Gasteiger partial charge in [0.05, 0.1) is 18.6 Å². The molecule has 1 atom stereocenters. The van der Waals surface area contributed by atoms with E-state index in [1.165, 1.54) is 0 Å². The van der Waals surface area contributed by atoms with Crippen LogP contribution in [0.3, 0.4) is 0 Å². The number of rotatable bonds is 6. The molecule has 23 heavy (non-hydrogen) atoms. The van der Waals surface area contributed by atoms with E-state index in [1.54, 1.807) is 12.0 Å². The van der Waals surface area contributed by atoms with Crippen LogP contribution >= 0.6 is 0 Å². The van der Waals surface area contributed by atoms with Crippen LogP contribution in [-0.4, -0.2) is 57.1 Å². The van der Waals surface area contributed by atoms with Crippen molar-refractivity contribution in [3.63, 3.8) is 0 Å². The Morgan fingerprint density at radius 2 is 2.22 bits per heavy atom. The van der Waals surface area contributed by atoms with Crippen molar-refractivity contribution >= 4 is 15.9 Å². The summed E-state index contributed by atoms with van der Waals surface area (Å²) in [7, 11) is -1.37. The van der Waals surface area contributed by atoms with Crippen LogP contribution in [0.5, 0.6) is 5.75 Å². The van der Waals surface area contributed by atoms with Crippen molar-refractivity contribution in [2.45, 2.75) is 25.8 Å². The first-order valence-corrected chi connectivity index (χ1v) is 9.65. The molecule has 1 N–H and O–H groups in total. The molecule has 6 nitrogen and oxygen atoms in total. The Morgan fingerprint density at radius 3 is 2.83 bits per heavy atom. The molecule has 1 aromatic rings. The lowest BCUT2D eigenvalue weighted by molar-refractivity contribution is 0.184. The fourth-order valence-corrected chi connectivity index (χ4v) is 4.56. The molecule has 128 valence electrons. The molecule has 0 spiro atoms. The SMILES string of the molecule is CCN(C(=O)NCCc1cccc(OC)c1)C1CCS(=O)(=O)C1. The van der Waals surface area contributed by atoms with Gasteiger partial charge in [-0.05, 0) is 37.5 Å². The van der Waals surface area contributed by atoms with Gasteiger partial charge in [0.2, 0.25) is 0 Å². The molecular weight excluding hydrogens is 316 g/mol. The van der Waals surface area contributed by atoms with E-state index < -0.39 is 9.84 Å². The summed E-state index contributed by atoms with van der Waals surface area (Å²) < 4.78 is 28.3. The number of carbonyl (C=O) groups excluding carboxylic acids is 1. The summed E-state index contributed by atoms with van der Waals surface area (Å²) in [6, 6.07) is 7.31. The second-order valence-electron chi connectivity index (χ2n) is 5.68. The molecular formula is C16H24N2O4S. The summed E-state index contributed by atoms with van der Waals surface area (Å²) in [5.74, 6) is 1.04. The lowest BCUT2D eigenvalue weighted by Crippen LogP contribution is -2.47. The summed E-state index contributed by atoms with van der Waals surface area (Å²) in [6.45, 7) is 2.87. The zero-order valence-corrected chi connectivity index (χ0v) is 14.4. The van der Waals surface area contributed by atoms with Crippen molar-refractivity contribution in [1.82, 2.24) is 10.2 Å². The van der Waals surface area contributed by atoms with Gasteiger partial charge in [0.1, 0.15) is 5.75 Å². The molecule has 1 aliphatic heterocycles. The first kappa shape index (κ1) is 17.6. The minimum atomic E-state index is -2.99. The van der Waals surface area contributed by atoms with Gasteiger partial charge in [0.15, 0.2) is 9.84 Å². The zero-order chi connectivity index (χ0) is 16.9. The van der Waals surface area contributed by atoms with Gasteiger partial charge < -0.3 is 15.0 Å². The lowest BCUT2D eigenvalue weighted by Gasteiger charge is -2.27. The van der Waals surface area contributed by atoms with Crippen molar-refractivity contribution in [3.05, 3.63) is 29.8 Å². The zero-order valence-electron chi connectivity index (χ0n) is 13.6. The standard InChI is InChI=1S/C16H24N2O4S/c1-3-18(14-8-10-23(20,21)12-14)16(19)17-9-7-13-5-4-6-15(11-13)22-2/h4-6,11,14H,3,7-10,12H2,1-2H3,(H,17,19). The largest absolute Gasteiger partial charge is 0.497 e. The molecule has 1 aliphatic rings. The summed E-state index contributed by atoms with van der Waals surface area (Å²) in [5, 5.41) is 2.88. The number of ether oxygens (including phenoxy) is 1. The van der Waals surface area contributed by atoms with E-state index in [2.05, 4.69) is 5.32 Å². The Bertz CT molecular complexity index is 645. The van der Waals surface area contributed by atoms with Crippen molar-refractivity contribution in [1.29, 1.82) is 0 Å². The highest BCUT2D eigenvalue weighted by atomic mass is 32.2. The molecule has 1 saturated heterocycles. The third-order valence-corrected chi connectivity index (χ3v) is 5.83. The van der Waals surface area contributed by atoms with E-state index in [0.717, 1.165) is 11.3 Å². The Balaban J connectivity index is 1.85. The predicted octanol–water partition coefficient (Wildman–Crippen LogP) is 1.46. The van der Waals surface area contributed by atoms with Gasteiger partial charge in [-0.15, -0.1) is 0 Å². The number of methoxy groups -OCH3 is 1. The number of urea groups is 1. The second kappa shape index (κ2) is 7.68. The normalized spacial score (nSPS) is 19.3. The predicted molar refractivity (Wildman–Crippen MR) is 89.5 cm³/mol. The minimum Gasteiger partial charge on any atom is -0.497 e. The maximum atomic E-state index is 12.3. The number of carbonyl (C=O) groups is 1. The number of nitrogens with one attached hydrogen (secondary N) is 1. The molecule has 1 aromatic carbocycles. The number of nitrogens with zero attached hydrogens (tertiary/aromatic N) is 1. The van der Waals surface area contributed by atoms with Crippen LogP contribution in [0.1, 0.15) is 18.9 Å². The summed E-state index contributed by atoms with van der Waals surface area (Å²) in [4.78, 5) is 13.9. The molecule has 1 unspecified atom stereocenters. The molecule has 7 heteroatoms. The van der Waals surface area contributed by atoms with Crippen molar-refractivity contribution < 1.29 is 17.9 Å². The van der Waals surface area contributed by atoms with Gasteiger partial charge in [0.25, 0.3) is 0 Å². The fraction of sp³-hybridized carbons (Fsp3) is 0.562. The second-order valence-corrected chi connectivity index (χ2v) is 7.91. The number of amides is 2. The van der Waals surface area contributed by atoms with E-state index >= 15 is 0 Å². The van der Waals surface area contributed by atoms with Gasteiger partial charge in [-0.3, -0.25) is 0 Å². The Morgan fingerprint density at radius 1 is 1.43 bits per heavy atom. The van der Waals surface area contributed by atoms with E-state index in [9.17, 15) is 13.2 Å². The van der Waals surface area contributed by atoms with Gasteiger partial charge in [-0.1, -0.05) is 12.1 Å². The molecule has 0 aromatic heterocycles. The maximum Gasteiger partial charge on any atom is 0.317 e. The molecule has 0 bridgehead atoms. The van der Waals surface area contributed by atoms with Crippen LogP contribution in [0.4, 0.5) is 4.79 Å². The quantitative estimate of drug-likeness (QED) is 0.850. The van der Waals surface area contributed by atoms with E-state index in [4.69, 9.17) is 4.74 Å². The number of hydrogen-bond acceptors (Lipinski definition) is 4. The van der Waals surface area contributed by atoms with Gasteiger partial charge in [-0.25, -0.2) is 13.2 Å². The average molecular weight is 340 g/mol. The Hall–Kier alpha value is -1.76. The van der Waals surface area contributed by atoms with Crippen LogP contribution in [0.2, 0.25) is 0 Å². The summed E-state index contributed by atoms with van der Waals surface area (Å²) >= 11 is 0. The topological polar surface area (TPSA) is 75.7 Å². The third kappa shape index (κ3) is 4.86. The number of hydrogen-bond donors (Lipinski definition) is 1. The van der Waals surface area contributed by atoms with Crippen molar-refractivity contribution in [2.24, 2.45) is 0 Å². The number of sulfone groups is 1. The molecule has 2 amide bonds. The van der Waals surface area contributed by atoms with Gasteiger partial charge in [-0.2, -0.15) is 0 Å². The molecule has 2 rings (SSSR count). The smallest absolute Gasteiger partial charge is 0.317 e. The molecule has 1 heterocycles. The van der Waals surface area contributed by atoms with Crippen LogP contribution in [-0.2, 0) is 16.3 Å². The highest BCUT2D eigenvalue weighted by molar-refractivity contribution is 7.91. The molecule has 0 radical (unpaired) electrons.